The van der Waals surface area contributed by atoms with Gasteiger partial charge >= 0.3 is 0 Å². The van der Waals surface area contributed by atoms with Gasteiger partial charge in [0.05, 0.1) is 4.47 Å². The average molecular weight is 303 g/mol. The molecule has 1 aromatic heterocycles. The number of hydrogen-bond acceptors (Lipinski definition) is 3. The van der Waals surface area contributed by atoms with Crippen molar-refractivity contribution in [1.82, 2.24) is 4.98 Å². The molecule has 0 radical (unpaired) electrons. The second kappa shape index (κ2) is 4.14. The van der Waals surface area contributed by atoms with Gasteiger partial charge in [-0.2, -0.15) is 0 Å². The fourth-order valence-corrected chi connectivity index (χ4v) is 2.46. The zero-order chi connectivity index (χ0) is 12.7. The maximum Gasteiger partial charge on any atom is 0.227 e. The highest BCUT2D eigenvalue weighted by Crippen LogP contribution is 2.31. The monoisotopic (exact) mass is 302 g/mol. The summed E-state index contributed by atoms with van der Waals surface area (Å²) in [7, 11) is 0. The average Bonchev–Trinajstić information content (AvgIpc) is 2.73. The van der Waals surface area contributed by atoms with Crippen LogP contribution in [0.3, 0.4) is 0 Å². The van der Waals surface area contributed by atoms with Gasteiger partial charge in [-0.1, -0.05) is 17.7 Å². The first-order valence-electron chi connectivity index (χ1n) is 5.56. The van der Waals surface area contributed by atoms with Crippen molar-refractivity contribution >= 4 is 32.7 Å². The number of benzene rings is 2. The van der Waals surface area contributed by atoms with Crippen molar-refractivity contribution in [2.75, 3.05) is 5.73 Å². The van der Waals surface area contributed by atoms with E-state index in [-0.39, 0.29) is 0 Å². The van der Waals surface area contributed by atoms with Gasteiger partial charge in [0.25, 0.3) is 0 Å². The lowest BCUT2D eigenvalue weighted by Crippen LogP contribution is -1.83. The highest BCUT2D eigenvalue weighted by atomic mass is 79.9. The summed E-state index contributed by atoms with van der Waals surface area (Å²) in [5, 5.41) is 0. The summed E-state index contributed by atoms with van der Waals surface area (Å²) in [6.07, 6.45) is 0. The number of rotatable bonds is 1. The Morgan fingerprint density at radius 1 is 1.22 bits per heavy atom. The Balaban J connectivity index is 2.22. The van der Waals surface area contributed by atoms with Gasteiger partial charge in [0.15, 0.2) is 5.58 Å². The Morgan fingerprint density at radius 2 is 2.06 bits per heavy atom. The van der Waals surface area contributed by atoms with Gasteiger partial charge in [0.2, 0.25) is 5.89 Å². The summed E-state index contributed by atoms with van der Waals surface area (Å²) in [6, 6.07) is 11.7. The number of halogens is 1. The zero-order valence-electron chi connectivity index (χ0n) is 9.77. The van der Waals surface area contributed by atoms with Crippen LogP contribution in [0.1, 0.15) is 5.56 Å². The molecule has 0 aliphatic heterocycles. The summed E-state index contributed by atoms with van der Waals surface area (Å²) >= 11 is 3.43. The summed E-state index contributed by atoms with van der Waals surface area (Å²) < 4.78 is 6.60. The fourth-order valence-electron chi connectivity index (χ4n) is 1.91. The molecule has 3 aromatic rings. The molecule has 0 aliphatic rings. The first-order chi connectivity index (χ1) is 8.63. The number of nitrogens with two attached hydrogens (primary N) is 1. The number of anilines is 1. The van der Waals surface area contributed by atoms with Crippen molar-refractivity contribution in [2.24, 2.45) is 0 Å². The molecule has 2 aromatic carbocycles. The highest BCUT2D eigenvalue weighted by molar-refractivity contribution is 9.10. The molecule has 1 heterocycles. The molecule has 90 valence electrons. The van der Waals surface area contributed by atoms with Crippen LogP contribution < -0.4 is 5.73 Å². The lowest BCUT2D eigenvalue weighted by Gasteiger charge is -1.96. The van der Waals surface area contributed by atoms with Gasteiger partial charge in [-0.05, 0) is 47.1 Å². The molecule has 0 spiro atoms. The van der Waals surface area contributed by atoms with E-state index < -0.39 is 0 Å². The summed E-state index contributed by atoms with van der Waals surface area (Å²) in [5.74, 6) is 0.611. The van der Waals surface area contributed by atoms with Crippen LogP contribution in [0.5, 0.6) is 0 Å². The van der Waals surface area contributed by atoms with Crippen molar-refractivity contribution in [3.8, 4) is 11.5 Å². The topological polar surface area (TPSA) is 52.0 Å². The number of nitrogens with zero attached hydrogens (tertiary/aromatic N) is 1. The molecule has 3 nitrogen and oxygen atoms in total. The molecule has 0 amide bonds. The Kier molecular flexibility index (Phi) is 2.59. The van der Waals surface area contributed by atoms with Crippen LogP contribution in [0.2, 0.25) is 0 Å². The Hall–Kier alpha value is -1.81. The third-order valence-corrected chi connectivity index (χ3v) is 3.32. The fraction of sp³-hybridized carbons (Fsp3) is 0.0714. The predicted molar refractivity (Wildman–Crippen MR) is 76.3 cm³/mol. The summed E-state index contributed by atoms with van der Waals surface area (Å²) in [5.41, 5.74) is 10.1. The Labute approximate surface area is 113 Å². The van der Waals surface area contributed by atoms with Crippen LogP contribution in [0.15, 0.2) is 45.3 Å². The summed E-state index contributed by atoms with van der Waals surface area (Å²) in [6.45, 7) is 2.04. The first-order valence-corrected chi connectivity index (χ1v) is 6.35. The Bertz CT molecular complexity index is 734. The van der Waals surface area contributed by atoms with E-state index in [1.165, 1.54) is 5.56 Å². The van der Waals surface area contributed by atoms with E-state index >= 15 is 0 Å². The normalized spacial score (nSPS) is 11.0. The van der Waals surface area contributed by atoms with Crippen molar-refractivity contribution in [3.05, 3.63) is 46.4 Å². The van der Waals surface area contributed by atoms with E-state index in [9.17, 15) is 0 Å². The van der Waals surface area contributed by atoms with Gasteiger partial charge in [-0.15, -0.1) is 0 Å². The van der Waals surface area contributed by atoms with Crippen LogP contribution in [0, 0.1) is 6.92 Å². The molecule has 0 saturated heterocycles. The number of aryl methyl sites for hydroxylation is 1. The third-order valence-electron chi connectivity index (χ3n) is 2.73. The van der Waals surface area contributed by atoms with Gasteiger partial charge in [-0.25, -0.2) is 4.98 Å². The standard InChI is InChI=1S/C14H11BrN2O/c1-8-3-2-4-9(5-8)14-17-12-7-10(16)6-11(15)13(12)18-14/h2-7H,16H2,1H3. The van der Waals surface area contributed by atoms with Gasteiger partial charge in [0, 0.05) is 11.3 Å². The molecule has 0 atom stereocenters. The second-order valence-electron chi connectivity index (χ2n) is 4.24. The van der Waals surface area contributed by atoms with Crippen molar-refractivity contribution in [3.63, 3.8) is 0 Å². The molecule has 18 heavy (non-hydrogen) atoms. The van der Waals surface area contributed by atoms with Gasteiger partial charge in [-0.3, -0.25) is 0 Å². The molecule has 0 aliphatic carbocycles. The molecule has 0 saturated carbocycles. The van der Waals surface area contributed by atoms with Crippen LogP contribution in [0.25, 0.3) is 22.6 Å². The van der Waals surface area contributed by atoms with E-state index in [0.717, 1.165) is 21.1 Å². The quantitative estimate of drug-likeness (QED) is 0.687. The molecule has 3 rings (SSSR count). The number of aromatic nitrogens is 1. The minimum absolute atomic E-state index is 0.611. The zero-order valence-corrected chi connectivity index (χ0v) is 11.4. The number of fused-ring (bicyclic) bond motifs is 1. The maximum absolute atomic E-state index is 5.79. The van der Waals surface area contributed by atoms with Gasteiger partial charge < -0.3 is 10.2 Å². The van der Waals surface area contributed by atoms with Crippen LogP contribution in [0.4, 0.5) is 5.69 Å². The van der Waals surface area contributed by atoms with E-state index in [1.54, 1.807) is 0 Å². The summed E-state index contributed by atoms with van der Waals surface area (Å²) in [4.78, 5) is 4.47. The van der Waals surface area contributed by atoms with Crippen LogP contribution in [-0.2, 0) is 0 Å². The highest BCUT2D eigenvalue weighted by Gasteiger charge is 2.11. The van der Waals surface area contributed by atoms with Gasteiger partial charge in [0.1, 0.15) is 5.52 Å². The smallest absolute Gasteiger partial charge is 0.227 e. The van der Waals surface area contributed by atoms with E-state index in [4.69, 9.17) is 10.2 Å². The largest absolute Gasteiger partial charge is 0.435 e. The minimum atomic E-state index is 0.611. The third kappa shape index (κ3) is 1.88. The Morgan fingerprint density at radius 3 is 2.83 bits per heavy atom. The SMILES string of the molecule is Cc1cccc(-c2nc3cc(N)cc(Br)c3o2)c1. The van der Waals surface area contributed by atoms with E-state index in [0.29, 0.717) is 11.6 Å². The molecule has 0 bridgehead atoms. The molecule has 0 fully saturated rings. The molecule has 0 unspecified atom stereocenters. The maximum atomic E-state index is 5.79. The van der Waals surface area contributed by atoms with Crippen molar-refractivity contribution in [1.29, 1.82) is 0 Å². The van der Waals surface area contributed by atoms with E-state index in [2.05, 4.69) is 20.9 Å². The lowest BCUT2D eigenvalue weighted by atomic mass is 10.1. The number of nitrogen functional groups attached to an aromatic ring is 1. The first kappa shape index (κ1) is 11.3. The predicted octanol–water partition coefficient (Wildman–Crippen LogP) is 4.15. The number of oxazole rings is 1. The van der Waals surface area contributed by atoms with Crippen LogP contribution >= 0.6 is 15.9 Å². The van der Waals surface area contributed by atoms with Crippen molar-refractivity contribution < 1.29 is 4.42 Å². The van der Waals surface area contributed by atoms with E-state index in [1.807, 2.05) is 43.3 Å². The number of hydrogen-bond donors (Lipinski definition) is 1. The molecular formula is C14H11BrN2O. The second-order valence-corrected chi connectivity index (χ2v) is 5.09. The molecule has 4 heteroatoms. The minimum Gasteiger partial charge on any atom is -0.435 e. The molecule has 2 N–H and O–H groups in total. The molecular weight excluding hydrogens is 292 g/mol. The lowest BCUT2D eigenvalue weighted by molar-refractivity contribution is 0.618. The van der Waals surface area contributed by atoms with Crippen molar-refractivity contribution in [2.45, 2.75) is 6.92 Å². The van der Waals surface area contributed by atoms with Crippen LogP contribution in [-0.4, -0.2) is 4.98 Å².